The van der Waals surface area contributed by atoms with E-state index < -0.39 is 0 Å². The minimum Gasteiger partial charge on any atom is -0.508 e. The van der Waals surface area contributed by atoms with Gasteiger partial charge in [-0.25, -0.2) is 0 Å². The molecule has 0 heterocycles. The number of rotatable bonds is 2. The maximum Gasteiger partial charge on any atom is 0.115 e. The van der Waals surface area contributed by atoms with E-state index in [9.17, 15) is 5.11 Å². The molecule has 4 atom stereocenters. The van der Waals surface area contributed by atoms with Crippen molar-refractivity contribution in [2.75, 3.05) is 0 Å². The molecule has 1 aromatic carbocycles. The quantitative estimate of drug-likeness (QED) is 0.769. The van der Waals surface area contributed by atoms with E-state index in [1.807, 2.05) is 12.1 Å². The van der Waals surface area contributed by atoms with Crippen LogP contribution in [0, 0.1) is 17.3 Å². The molecule has 0 unspecified atom stereocenters. The lowest BCUT2D eigenvalue weighted by molar-refractivity contribution is 0.0362. The van der Waals surface area contributed by atoms with Gasteiger partial charge in [0.2, 0.25) is 0 Å². The molecule has 0 saturated heterocycles. The molecule has 3 aliphatic rings. The molecule has 0 spiro atoms. The lowest BCUT2D eigenvalue weighted by Crippen LogP contribution is -2.41. The normalized spacial score (nSPS) is 37.7. The van der Waals surface area contributed by atoms with Gasteiger partial charge in [0, 0.05) is 0 Å². The molecule has 2 saturated carbocycles. The van der Waals surface area contributed by atoms with Crippen LogP contribution in [0.3, 0.4) is 0 Å². The number of phenolic OH excluding ortho intramolecular Hbond substituents is 1. The second kappa shape index (κ2) is 5.04. The standard InChI is InChI=1S/C20H28O/c1-2-10-20-11-3-4-19(20)18-7-5-14-13-15(21)6-8-16(14)17(18)9-12-20/h6,8,13,17-19,21H,2-5,7,9-12H2,1H3/t17-,18-,19+,20+/m1/s1. The fourth-order valence-electron chi connectivity index (χ4n) is 6.30. The van der Waals surface area contributed by atoms with E-state index in [2.05, 4.69) is 13.0 Å². The van der Waals surface area contributed by atoms with E-state index in [0.717, 1.165) is 17.8 Å². The Balaban J connectivity index is 1.67. The first-order chi connectivity index (χ1) is 10.2. The van der Waals surface area contributed by atoms with Crippen LogP contribution in [0.5, 0.6) is 5.75 Å². The zero-order valence-corrected chi connectivity index (χ0v) is 13.3. The highest BCUT2D eigenvalue weighted by Crippen LogP contribution is 2.62. The summed E-state index contributed by atoms with van der Waals surface area (Å²) < 4.78 is 0. The molecule has 0 radical (unpaired) electrons. The second-order valence-electron chi connectivity index (χ2n) is 7.84. The van der Waals surface area contributed by atoms with E-state index in [4.69, 9.17) is 0 Å². The Kier molecular flexibility index (Phi) is 3.28. The van der Waals surface area contributed by atoms with Gasteiger partial charge >= 0.3 is 0 Å². The van der Waals surface area contributed by atoms with Gasteiger partial charge in [0.25, 0.3) is 0 Å². The fraction of sp³-hybridized carbons (Fsp3) is 0.700. The van der Waals surface area contributed by atoms with Crippen molar-refractivity contribution in [1.82, 2.24) is 0 Å². The van der Waals surface area contributed by atoms with E-state index in [-0.39, 0.29) is 0 Å². The molecule has 2 fully saturated rings. The molecule has 1 nitrogen and oxygen atoms in total. The molecule has 4 rings (SSSR count). The maximum absolute atomic E-state index is 9.75. The average Bonchev–Trinajstić information content (AvgIpc) is 2.90. The lowest BCUT2D eigenvalue weighted by Gasteiger charge is -2.51. The lowest BCUT2D eigenvalue weighted by atomic mass is 9.54. The number of phenols is 1. The summed E-state index contributed by atoms with van der Waals surface area (Å²) >= 11 is 0. The first-order valence-corrected chi connectivity index (χ1v) is 9.05. The monoisotopic (exact) mass is 284 g/mol. The first kappa shape index (κ1) is 13.7. The van der Waals surface area contributed by atoms with E-state index in [1.54, 1.807) is 5.56 Å². The highest BCUT2D eigenvalue weighted by Gasteiger charge is 2.51. The molecule has 1 heteroatoms. The summed E-state index contributed by atoms with van der Waals surface area (Å²) in [7, 11) is 0. The first-order valence-electron chi connectivity index (χ1n) is 9.05. The van der Waals surface area contributed by atoms with Gasteiger partial charge in [-0.15, -0.1) is 0 Å². The van der Waals surface area contributed by atoms with Crippen LogP contribution in [-0.2, 0) is 6.42 Å². The number of hydrogen-bond donors (Lipinski definition) is 1. The summed E-state index contributed by atoms with van der Waals surface area (Å²) in [6.07, 6.45) is 12.6. The SMILES string of the molecule is CCC[C@@]12CCC[C@H]1[C@@H]1CCc3cc(O)ccc3[C@H]1CC2. The van der Waals surface area contributed by atoms with Gasteiger partial charge in [-0.05, 0) is 91.4 Å². The largest absolute Gasteiger partial charge is 0.508 e. The Morgan fingerprint density at radius 3 is 2.95 bits per heavy atom. The highest BCUT2D eigenvalue weighted by atomic mass is 16.3. The van der Waals surface area contributed by atoms with Crippen molar-refractivity contribution >= 4 is 0 Å². The molecule has 0 aromatic heterocycles. The summed E-state index contributed by atoms with van der Waals surface area (Å²) in [4.78, 5) is 0. The van der Waals surface area contributed by atoms with Crippen molar-refractivity contribution in [2.24, 2.45) is 17.3 Å². The Morgan fingerprint density at radius 1 is 1.19 bits per heavy atom. The maximum atomic E-state index is 9.75. The summed E-state index contributed by atoms with van der Waals surface area (Å²) in [5.41, 5.74) is 3.70. The van der Waals surface area contributed by atoms with Gasteiger partial charge < -0.3 is 5.11 Å². The predicted octanol–water partition coefficient (Wildman–Crippen LogP) is 5.42. The zero-order chi connectivity index (χ0) is 14.4. The zero-order valence-electron chi connectivity index (χ0n) is 13.3. The topological polar surface area (TPSA) is 20.2 Å². The van der Waals surface area contributed by atoms with Crippen molar-refractivity contribution in [1.29, 1.82) is 0 Å². The number of aryl methyl sites for hydroxylation is 1. The van der Waals surface area contributed by atoms with E-state index in [1.165, 1.54) is 63.4 Å². The number of fused-ring (bicyclic) bond motifs is 5. The van der Waals surface area contributed by atoms with Crippen molar-refractivity contribution in [2.45, 2.75) is 70.6 Å². The molecule has 0 aliphatic heterocycles. The average molecular weight is 284 g/mol. The third-order valence-electron chi connectivity index (χ3n) is 6.98. The van der Waals surface area contributed by atoms with Crippen LogP contribution < -0.4 is 0 Å². The molecule has 0 amide bonds. The Morgan fingerprint density at radius 2 is 2.10 bits per heavy atom. The third-order valence-corrected chi connectivity index (χ3v) is 6.98. The van der Waals surface area contributed by atoms with Crippen molar-refractivity contribution in [3.05, 3.63) is 29.3 Å². The number of hydrogen-bond acceptors (Lipinski definition) is 1. The number of aromatic hydroxyl groups is 1. The van der Waals surface area contributed by atoms with Crippen LogP contribution in [0.25, 0.3) is 0 Å². The van der Waals surface area contributed by atoms with Crippen molar-refractivity contribution in [3.8, 4) is 5.75 Å². The second-order valence-corrected chi connectivity index (χ2v) is 7.84. The minimum absolute atomic E-state index is 0.448. The summed E-state index contributed by atoms with van der Waals surface area (Å²) in [5.74, 6) is 3.13. The molecular formula is C20H28O. The molecule has 3 aliphatic carbocycles. The van der Waals surface area contributed by atoms with E-state index >= 15 is 0 Å². The van der Waals surface area contributed by atoms with Crippen molar-refractivity contribution in [3.63, 3.8) is 0 Å². The molecule has 21 heavy (non-hydrogen) atoms. The molecule has 0 bridgehead atoms. The smallest absolute Gasteiger partial charge is 0.115 e. The number of benzene rings is 1. The third kappa shape index (κ3) is 2.04. The fourth-order valence-corrected chi connectivity index (χ4v) is 6.30. The van der Waals surface area contributed by atoms with Gasteiger partial charge in [-0.2, -0.15) is 0 Å². The summed E-state index contributed by atoms with van der Waals surface area (Å²) in [5, 5.41) is 9.75. The molecule has 114 valence electrons. The summed E-state index contributed by atoms with van der Waals surface area (Å²) in [6, 6.07) is 6.15. The Bertz CT molecular complexity index is 535. The Labute approximate surface area is 128 Å². The van der Waals surface area contributed by atoms with Crippen LogP contribution in [0.4, 0.5) is 0 Å². The van der Waals surface area contributed by atoms with Gasteiger partial charge in [0.1, 0.15) is 5.75 Å². The van der Waals surface area contributed by atoms with Gasteiger partial charge in [0.15, 0.2) is 0 Å². The van der Waals surface area contributed by atoms with Crippen LogP contribution in [0.2, 0.25) is 0 Å². The van der Waals surface area contributed by atoms with Crippen molar-refractivity contribution < 1.29 is 5.11 Å². The Hall–Kier alpha value is -0.980. The molecule has 1 N–H and O–H groups in total. The minimum atomic E-state index is 0.448. The van der Waals surface area contributed by atoms with Crippen LogP contribution in [0.15, 0.2) is 18.2 Å². The van der Waals surface area contributed by atoms with Crippen LogP contribution in [0.1, 0.15) is 75.3 Å². The van der Waals surface area contributed by atoms with Crippen LogP contribution >= 0.6 is 0 Å². The van der Waals surface area contributed by atoms with Gasteiger partial charge in [-0.1, -0.05) is 25.8 Å². The van der Waals surface area contributed by atoms with Crippen LogP contribution in [-0.4, -0.2) is 5.11 Å². The highest BCUT2D eigenvalue weighted by molar-refractivity contribution is 5.40. The van der Waals surface area contributed by atoms with Gasteiger partial charge in [0.05, 0.1) is 0 Å². The molecular weight excluding hydrogens is 256 g/mol. The van der Waals surface area contributed by atoms with Gasteiger partial charge in [-0.3, -0.25) is 0 Å². The summed E-state index contributed by atoms with van der Waals surface area (Å²) in [6.45, 7) is 2.37. The predicted molar refractivity (Wildman–Crippen MR) is 86.6 cm³/mol. The van der Waals surface area contributed by atoms with E-state index in [0.29, 0.717) is 11.2 Å². The molecule has 1 aromatic rings.